The summed E-state index contributed by atoms with van der Waals surface area (Å²) in [7, 11) is 0. The van der Waals surface area contributed by atoms with Crippen molar-refractivity contribution in [1.82, 2.24) is 5.32 Å². The SMILES string of the molecule is C=CCCCCCCCNC(=O)Cc1ccc(O)c(O)c1. The van der Waals surface area contributed by atoms with Gasteiger partial charge in [-0.1, -0.05) is 31.4 Å². The molecule has 1 amide bonds. The summed E-state index contributed by atoms with van der Waals surface area (Å²) in [6, 6.07) is 4.43. The van der Waals surface area contributed by atoms with Crippen LogP contribution >= 0.6 is 0 Å². The lowest BCUT2D eigenvalue weighted by molar-refractivity contribution is -0.120. The molecular formula is C17H25NO3. The van der Waals surface area contributed by atoms with Crippen molar-refractivity contribution in [3.63, 3.8) is 0 Å². The summed E-state index contributed by atoms with van der Waals surface area (Å²) >= 11 is 0. The first-order valence-corrected chi connectivity index (χ1v) is 7.52. The van der Waals surface area contributed by atoms with E-state index >= 15 is 0 Å². The van der Waals surface area contributed by atoms with E-state index in [1.807, 2.05) is 6.08 Å². The number of hydrogen-bond acceptors (Lipinski definition) is 3. The smallest absolute Gasteiger partial charge is 0.224 e. The Labute approximate surface area is 126 Å². The molecule has 0 saturated heterocycles. The largest absolute Gasteiger partial charge is 0.504 e. The van der Waals surface area contributed by atoms with Crippen LogP contribution in [0.5, 0.6) is 11.5 Å². The highest BCUT2D eigenvalue weighted by molar-refractivity contribution is 5.78. The number of nitrogens with one attached hydrogen (secondary N) is 1. The average molecular weight is 291 g/mol. The molecule has 0 unspecified atom stereocenters. The molecule has 0 radical (unpaired) electrons. The summed E-state index contributed by atoms with van der Waals surface area (Å²) in [5, 5.41) is 21.4. The second-order valence-corrected chi connectivity index (χ2v) is 5.19. The van der Waals surface area contributed by atoms with E-state index in [0.29, 0.717) is 12.1 Å². The molecule has 3 N–H and O–H groups in total. The Balaban J connectivity index is 2.11. The molecule has 1 aromatic rings. The van der Waals surface area contributed by atoms with Gasteiger partial charge in [0.25, 0.3) is 0 Å². The zero-order valence-corrected chi connectivity index (χ0v) is 12.5. The van der Waals surface area contributed by atoms with Crippen molar-refractivity contribution in [2.24, 2.45) is 0 Å². The summed E-state index contributed by atoms with van der Waals surface area (Å²) in [5.41, 5.74) is 0.687. The number of phenolic OH excluding ortho intramolecular Hbond substituents is 2. The molecule has 21 heavy (non-hydrogen) atoms. The molecule has 1 aromatic carbocycles. The predicted molar refractivity (Wildman–Crippen MR) is 84.4 cm³/mol. The Morgan fingerprint density at radius 3 is 2.52 bits per heavy atom. The number of unbranched alkanes of at least 4 members (excludes halogenated alkanes) is 5. The number of phenols is 2. The van der Waals surface area contributed by atoms with Crippen LogP contribution in [0, 0.1) is 0 Å². The van der Waals surface area contributed by atoms with E-state index in [2.05, 4.69) is 11.9 Å². The minimum Gasteiger partial charge on any atom is -0.504 e. The van der Waals surface area contributed by atoms with E-state index in [1.54, 1.807) is 6.07 Å². The van der Waals surface area contributed by atoms with Gasteiger partial charge in [-0.05, 0) is 37.0 Å². The van der Waals surface area contributed by atoms with Gasteiger partial charge < -0.3 is 15.5 Å². The zero-order chi connectivity index (χ0) is 15.5. The monoisotopic (exact) mass is 291 g/mol. The maximum atomic E-state index is 11.7. The molecule has 0 saturated carbocycles. The lowest BCUT2D eigenvalue weighted by Gasteiger charge is -2.06. The molecule has 0 aliphatic heterocycles. The molecule has 0 heterocycles. The predicted octanol–water partition coefficient (Wildman–Crippen LogP) is 3.28. The molecule has 1 rings (SSSR count). The van der Waals surface area contributed by atoms with Gasteiger partial charge in [-0.25, -0.2) is 0 Å². The first kappa shape index (κ1) is 17.1. The van der Waals surface area contributed by atoms with E-state index < -0.39 is 0 Å². The fourth-order valence-electron chi connectivity index (χ4n) is 2.10. The van der Waals surface area contributed by atoms with Crippen LogP contribution in [-0.2, 0) is 11.2 Å². The van der Waals surface area contributed by atoms with Gasteiger partial charge >= 0.3 is 0 Å². The molecule has 0 aromatic heterocycles. The number of carbonyl (C=O) groups excluding carboxylic acids is 1. The quantitative estimate of drug-likeness (QED) is 0.352. The summed E-state index contributed by atoms with van der Waals surface area (Å²) in [5.74, 6) is -0.429. The highest BCUT2D eigenvalue weighted by Gasteiger charge is 2.05. The first-order chi connectivity index (χ1) is 10.1. The van der Waals surface area contributed by atoms with Gasteiger partial charge in [-0.2, -0.15) is 0 Å². The second-order valence-electron chi connectivity index (χ2n) is 5.19. The van der Waals surface area contributed by atoms with Crippen LogP contribution in [0.3, 0.4) is 0 Å². The minimum absolute atomic E-state index is 0.0632. The lowest BCUT2D eigenvalue weighted by Crippen LogP contribution is -2.26. The molecule has 0 fully saturated rings. The van der Waals surface area contributed by atoms with Crippen LogP contribution in [0.2, 0.25) is 0 Å². The van der Waals surface area contributed by atoms with E-state index in [-0.39, 0.29) is 23.8 Å². The van der Waals surface area contributed by atoms with Gasteiger partial charge in [0, 0.05) is 6.54 Å². The highest BCUT2D eigenvalue weighted by Crippen LogP contribution is 2.24. The molecule has 0 spiro atoms. The van der Waals surface area contributed by atoms with E-state index in [1.165, 1.54) is 31.4 Å². The normalized spacial score (nSPS) is 10.3. The van der Waals surface area contributed by atoms with Gasteiger partial charge in [0.1, 0.15) is 0 Å². The number of rotatable bonds is 10. The highest BCUT2D eigenvalue weighted by atomic mass is 16.3. The molecule has 0 atom stereocenters. The minimum atomic E-state index is -0.195. The summed E-state index contributed by atoms with van der Waals surface area (Å²) < 4.78 is 0. The van der Waals surface area contributed by atoms with Gasteiger partial charge in [-0.3, -0.25) is 4.79 Å². The fourth-order valence-corrected chi connectivity index (χ4v) is 2.10. The fraction of sp³-hybridized carbons (Fsp3) is 0.471. The zero-order valence-electron chi connectivity index (χ0n) is 12.5. The van der Waals surface area contributed by atoms with Crippen LogP contribution in [0.25, 0.3) is 0 Å². The van der Waals surface area contributed by atoms with Crippen molar-refractivity contribution in [2.75, 3.05) is 6.54 Å². The Kier molecular flexibility index (Phi) is 8.02. The number of hydrogen-bond donors (Lipinski definition) is 3. The van der Waals surface area contributed by atoms with E-state index in [4.69, 9.17) is 0 Å². The van der Waals surface area contributed by atoms with Crippen molar-refractivity contribution in [1.29, 1.82) is 0 Å². The maximum absolute atomic E-state index is 11.7. The van der Waals surface area contributed by atoms with Crippen molar-refractivity contribution >= 4 is 5.91 Å². The van der Waals surface area contributed by atoms with Crippen molar-refractivity contribution in [2.45, 2.75) is 44.9 Å². The molecule has 0 aliphatic carbocycles. The summed E-state index contributed by atoms with van der Waals surface area (Å²) in [4.78, 5) is 11.7. The molecule has 116 valence electrons. The van der Waals surface area contributed by atoms with Gasteiger partial charge in [-0.15, -0.1) is 6.58 Å². The number of allylic oxidation sites excluding steroid dienone is 1. The van der Waals surface area contributed by atoms with Crippen molar-refractivity contribution < 1.29 is 15.0 Å². The van der Waals surface area contributed by atoms with Crippen LogP contribution in [0.4, 0.5) is 0 Å². The molecule has 0 bridgehead atoms. The first-order valence-electron chi connectivity index (χ1n) is 7.52. The van der Waals surface area contributed by atoms with Gasteiger partial charge in [0.15, 0.2) is 11.5 Å². The van der Waals surface area contributed by atoms with Crippen molar-refractivity contribution in [3.05, 3.63) is 36.4 Å². The number of carbonyl (C=O) groups is 1. The van der Waals surface area contributed by atoms with Gasteiger partial charge in [0.2, 0.25) is 5.91 Å². The summed E-state index contributed by atoms with van der Waals surface area (Å²) in [6.45, 7) is 4.38. The third-order valence-corrected chi connectivity index (χ3v) is 3.31. The lowest BCUT2D eigenvalue weighted by atomic mass is 10.1. The van der Waals surface area contributed by atoms with Crippen LogP contribution < -0.4 is 5.32 Å². The topological polar surface area (TPSA) is 69.6 Å². The standard InChI is InChI=1S/C17H25NO3/c1-2-3-4-5-6-7-8-11-18-17(21)13-14-9-10-15(19)16(20)12-14/h2,9-10,12,19-20H,1,3-8,11,13H2,(H,18,21). The summed E-state index contributed by atoms with van der Waals surface area (Å²) in [6.07, 6.45) is 8.95. The third-order valence-electron chi connectivity index (χ3n) is 3.31. The second kappa shape index (κ2) is 9.86. The Hall–Kier alpha value is -1.97. The van der Waals surface area contributed by atoms with E-state index in [9.17, 15) is 15.0 Å². The molecule has 4 heteroatoms. The number of aromatic hydroxyl groups is 2. The number of amides is 1. The van der Waals surface area contributed by atoms with Crippen LogP contribution in [0.15, 0.2) is 30.9 Å². The Morgan fingerprint density at radius 1 is 1.10 bits per heavy atom. The average Bonchev–Trinajstić information content (AvgIpc) is 2.46. The van der Waals surface area contributed by atoms with Crippen LogP contribution in [-0.4, -0.2) is 22.7 Å². The Morgan fingerprint density at radius 2 is 1.81 bits per heavy atom. The van der Waals surface area contributed by atoms with Gasteiger partial charge in [0.05, 0.1) is 6.42 Å². The number of benzene rings is 1. The van der Waals surface area contributed by atoms with E-state index in [0.717, 1.165) is 19.3 Å². The van der Waals surface area contributed by atoms with Crippen LogP contribution in [0.1, 0.15) is 44.1 Å². The molecule has 4 nitrogen and oxygen atoms in total. The molecular weight excluding hydrogens is 266 g/mol. The third kappa shape index (κ3) is 7.40. The maximum Gasteiger partial charge on any atom is 0.224 e. The Bertz CT molecular complexity index is 457. The van der Waals surface area contributed by atoms with Crippen molar-refractivity contribution in [3.8, 4) is 11.5 Å². The molecule has 0 aliphatic rings.